The average Bonchev–Trinajstić information content (AvgIpc) is 2.74. The van der Waals surface area contributed by atoms with Crippen molar-refractivity contribution < 1.29 is 14.3 Å². The van der Waals surface area contributed by atoms with Gasteiger partial charge < -0.3 is 14.8 Å². The maximum absolute atomic E-state index is 12.2. The molecule has 0 spiro atoms. The van der Waals surface area contributed by atoms with Gasteiger partial charge in [0.25, 0.3) is 5.91 Å². The van der Waals surface area contributed by atoms with Gasteiger partial charge in [-0.1, -0.05) is 29.3 Å². The lowest BCUT2D eigenvalue weighted by Gasteiger charge is -2.11. The van der Waals surface area contributed by atoms with Crippen LogP contribution in [0.2, 0.25) is 10.0 Å². The molecule has 7 heteroatoms. The zero-order valence-electron chi connectivity index (χ0n) is 16.5. The van der Waals surface area contributed by atoms with E-state index in [1.165, 1.54) is 0 Å². The molecule has 0 aromatic heterocycles. The van der Waals surface area contributed by atoms with Crippen LogP contribution in [0.15, 0.2) is 65.7 Å². The molecule has 0 heterocycles. The second-order valence-electron chi connectivity index (χ2n) is 6.44. The molecule has 1 N–H and O–H groups in total. The van der Waals surface area contributed by atoms with Crippen LogP contribution in [-0.4, -0.2) is 25.8 Å². The normalized spacial score (nSPS) is 10.8. The summed E-state index contributed by atoms with van der Waals surface area (Å²) in [5.41, 5.74) is 2.95. The average molecular weight is 443 g/mol. The Labute approximate surface area is 185 Å². The molecule has 0 aliphatic rings. The van der Waals surface area contributed by atoms with Gasteiger partial charge in [0.2, 0.25) is 0 Å². The Bertz CT molecular complexity index is 1070. The monoisotopic (exact) mass is 442 g/mol. The first-order valence-electron chi connectivity index (χ1n) is 9.11. The summed E-state index contributed by atoms with van der Waals surface area (Å²) < 4.78 is 10.8. The van der Waals surface area contributed by atoms with Crippen molar-refractivity contribution in [2.75, 3.05) is 19.0 Å². The molecule has 1 amide bonds. The van der Waals surface area contributed by atoms with Crippen molar-refractivity contribution in [1.82, 2.24) is 0 Å². The highest BCUT2D eigenvalue weighted by molar-refractivity contribution is 6.31. The molecular weight excluding hydrogens is 423 g/mol. The van der Waals surface area contributed by atoms with Crippen LogP contribution in [0.3, 0.4) is 0 Å². The summed E-state index contributed by atoms with van der Waals surface area (Å²) in [5, 5.41) is 3.89. The number of benzene rings is 3. The van der Waals surface area contributed by atoms with Gasteiger partial charge in [-0.3, -0.25) is 9.79 Å². The van der Waals surface area contributed by atoms with Crippen molar-refractivity contribution in [3.8, 4) is 11.5 Å². The van der Waals surface area contributed by atoms with Gasteiger partial charge in [-0.05, 0) is 67.1 Å². The molecule has 0 saturated carbocycles. The maximum atomic E-state index is 12.2. The van der Waals surface area contributed by atoms with E-state index in [9.17, 15) is 4.79 Å². The smallest absolute Gasteiger partial charge is 0.262 e. The summed E-state index contributed by atoms with van der Waals surface area (Å²) in [6.07, 6.45) is 1.64. The van der Waals surface area contributed by atoms with Gasteiger partial charge in [-0.15, -0.1) is 0 Å². The number of anilines is 1. The second-order valence-corrected chi connectivity index (χ2v) is 7.28. The summed E-state index contributed by atoms with van der Waals surface area (Å²) in [6, 6.07) is 17.8. The molecule has 0 radical (unpaired) electrons. The van der Waals surface area contributed by atoms with Gasteiger partial charge in [0.05, 0.1) is 12.8 Å². The van der Waals surface area contributed by atoms with Gasteiger partial charge in [0, 0.05) is 27.5 Å². The van der Waals surface area contributed by atoms with E-state index in [2.05, 4.69) is 10.3 Å². The first-order chi connectivity index (χ1) is 14.4. The van der Waals surface area contributed by atoms with Crippen molar-refractivity contribution in [2.24, 2.45) is 4.99 Å². The van der Waals surface area contributed by atoms with Crippen LogP contribution in [0.25, 0.3) is 0 Å². The summed E-state index contributed by atoms with van der Waals surface area (Å²) in [4.78, 5) is 16.7. The first kappa shape index (κ1) is 21.7. The molecule has 0 saturated heterocycles. The minimum Gasteiger partial charge on any atom is -0.497 e. The number of nitrogens with one attached hydrogen (secondary N) is 1. The van der Waals surface area contributed by atoms with E-state index in [0.717, 1.165) is 17.0 Å². The van der Waals surface area contributed by atoms with E-state index in [1.807, 2.05) is 37.3 Å². The number of aliphatic imine (C=N–C) groups is 1. The highest BCUT2D eigenvalue weighted by Crippen LogP contribution is 2.24. The molecule has 0 aliphatic heterocycles. The van der Waals surface area contributed by atoms with Crippen molar-refractivity contribution >= 4 is 46.7 Å². The lowest BCUT2D eigenvalue weighted by atomic mass is 10.2. The fourth-order valence-corrected chi connectivity index (χ4v) is 2.94. The molecule has 0 bridgehead atoms. The summed E-state index contributed by atoms with van der Waals surface area (Å²) >= 11 is 12.2. The largest absolute Gasteiger partial charge is 0.497 e. The van der Waals surface area contributed by atoms with Crippen molar-refractivity contribution in [3.63, 3.8) is 0 Å². The summed E-state index contributed by atoms with van der Waals surface area (Å²) in [5.74, 6) is 0.943. The Morgan fingerprint density at radius 2 is 1.83 bits per heavy atom. The molecule has 30 heavy (non-hydrogen) atoms. The molecule has 154 valence electrons. The van der Waals surface area contributed by atoms with Crippen LogP contribution >= 0.6 is 23.2 Å². The van der Waals surface area contributed by atoms with Crippen LogP contribution in [0.4, 0.5) is 11.4 Å². The van der Waals surface area contributed by atoms with E-state index < -0.39 is 0 Å². The van der Waals surface area contributed by atoms with E-state index in [4.69, 9.17) is 32.7 Å². The number of methoxy groups -OCH3 is 1. The number of nitrogens with zero attached hydrogens (tertiary/aromatic N) is 1. The third-order valence-corrected chi connectivity index (χ3v) is 4.85. The van der Waals surface area contributed by atoms with Crippen molar-refractivity contribution in [1.29, 1.82) is 0 Å². The third kappa shape index (κ3) is 5.99. The third-order valence-electron chi connectivity index (χ3n) is 4.21. The van der Waals surface area contributed by atoms with Crippen LogP contribution < -0.4 is 14.8 Å². The number of amides is 1. The highest BCUT2D eigenvalue weighted by Gasteiger charge is 2.08. The van der Waals surface area contributed by atoms with E-state index in [0.29, 0.717) is 27.0 Å². The fraction of sp³-hybridized carbons (Fsp3) is 0.130. The van der Waals surface area contributed by atoms with E-state index in [-0.39, 0.29) is 12.5 Å². The Morgan fingerprint density at radius 3 is 2.53 bits per heavy atom. The molecule has 3 aromatic carbocycles. The summed E-state index contributed by atoms with van der Waals surface area (Å²) in [7, 11) is 1.61. The number of ether oxygens (including phenoxy) is 2. The van der Waals surface area contributed by atoms with Gasteiger partial charge >= 0.3 is 0 Å². The molecule has 0 aliphatic carbocycles. The Morgan fingerprint density at radius 1 is 1.07 bits per heavy atom. The number of carbonyl (C=O) groups is 1. The number of hydrogen-bond acceptors (Lipinski definition) is 4. The number of carbonyl (C=O) groups excluding carboxylic acids is 1. The van der Waals surface area contributed by atoms with E-state index in [1.54, 1.807) is 43.7 Å². The highest BCUT2D eigenvalue weighted by atomic mass is 35.5. The Kier molecular flexibility index (Phi) is 7.33. The van der Waals surface area contributed by atoms with Crippen LogP contribution in [0, 0.1) is 6.92 Å². The van der Waals surface area contributed by atoms with Crippen LogP contribution in [0.5, 0.6) is 11.5 Å². The van der Waals surface area contributed by atoms with Gasteiger partial charge in [0.15, 0.2) is 6.61 Å². The predicted molar refractivity (Wildman–Crippen MR) is 122 cm³/mol. The van der Waals surface area contributed by atoms with Gasteiger partial charge in [-0.25, -0.2) is 0 Å². The number of halogens is 2. The maximum Gasteiger partial charge on any atom is 0.262 e. The Balaban J connectivity index is 1.67. The summed E-state index contributed by atoms with van der Waals surface area (Å²) in [6.45, 7) is 1.73. The molecule has 5 nitrogen and oxygen atoms in total. The minimum absolute atomic E-state index is 0.170. The zero-order chi connectivity index (χ0) is 21.5. The minimum atomic E-state index is -0.303. The topological polar surface area (TPSA) is 59.9 Å². The van der Waals surface area contributed by atoms with Crippen molar-refractivity contribution in [3.05, 3.63) is 81.8 Å². The lowest BCUT2D eigenvalue weighted by Crippen LogP contribution is -2.20. The van der Waals surface area contributed by atoms with Crippen LogP contribution in [-0.2, 0) is 4.79 Å². The Hall–Kier alpha value is -3.02. The molecule has 3 aromatic rings. The SMILES string of the molecule is COc1ccc(N=Cc2cc(Cl)ccc2OCC(=O)Nc2ccc(C)c(Cl)c2)cc1. The predicted octanol–water partition coefficient (Wildman–Crippen LogP) is 6.08. The standard InChI is InChI=1S/C23H20Cl2N2O3/c1-15-3-5-19(12-21(15)25)27-23(28)14-30-22-10-4-17(24)11-16(22)13-26-18-6-8-20(29-2)9-7-18/h3-13H,14H2,1-2H3,(H,27,28). The van der Waals surface area contributed by atoms with Gasteiger partial charge in [0.1, 0.15) is 11.5 Å². The van der Waals surface area contributed by atoms with Crippen LogP contribution in [0.1, 0.15) is 11.1 Å². The van der Waals surface area contributed by atoms with Crippen molar-refractivity contribution in [2.45, 2.75) is 6.92 Å². The molecule has 0 unspecified atom stereocenters. The van der Waals surface area contributed by atoms with Gasteiger partial charge in [-0.2, -0.15) is 0 Å². The second kappa shape index (κ2) is 10.1. The van der Waals surface area contributed by atoms with E-state index >= 15 is 0 Å². The molecular formula is C23H20Cl2N2O3. The molecule has 0 fully saturated rings. The fourth-order valence-electron chi connectivity index (χ4n) is 2.58. The quantitative estimate of drug-likeness (QED) is 0.451. The lowest BCUT2D eigenvalue weighted by molar-refractivity contribution is -0.118. The molecule has 0 atom stereocenters. The number of hydrogen-bond donors (Lipinski definition) is 1. The zero-order valence-corrected chi connectivity index (χ0v) is 18.0. The number of aryl methyl sites for hydroxylation is 1. The molecule has 3 rings (SSSR count). The first-order valence-corrected chi connectivity index (χ1v) is 9.86. The number of rotatable bonds is 7.